The Morgan fingerprint density at radius 1 is 1.13 bits per heavy atom. The highest BCUT2D eigenvalue weighted by molar-refractivity contribution is 7.54. The van der Waals surface area contributed by atoms with Gasteiger partial charge in [0, 0.05) is 0 Å². The van der Waals surface area contributed by atoms with Gasteiger partial charge in [-0.2, -0.15) is 0 Å². The van der Waals surface area contributed by atoms with Gasteiger partial charge in [-0.1, -0.05) is 25.5 Å². The molecule has 0 spiro atoms. The Bertz CT molecular complexity index is 220. The van der Waals surface area contributed by atoms with Gasteiger partial charge in [0.05, 0.1) is 19.4 Å². The molecule has 0 unspecified atom stereocenters. The standard InChI is InChI=1S/C11H23O3P/c1-5-8-13-15(12,14-9-6-2)10-7-11(3)4/h7H,5-6,8-10H2,1-4H3. The summed E-state index contributed by atoms with van der Waals surface area (Å²) in [4.78, 5) is 0. The van der Waals surface area contributed by atoms with Gasteiger partial charge in [0.1, 0.15) is 0 Å². The number of rotatable bonds is 8. The van der Waals surface area contributed by atoms with Gasteiger partial charge in [-0.25, -0.2) is 0 Å². The fraction of sp³-hybridized carbons (Fsp3) is 0.818. The van der Waals surface area contributed by atoms with E-state index in [1.54, 1.807) is 0 Å². The summed E-state index contributed by atoms with van der Waals surface area (Å²) in [6, 6.07) is 0. The van der Waals surface area contributed by atoms with Crippen molar-refractivity contribution < 1.29 is 13.6 Å². The SMILES string of the molecule is CCCOP(=O)(CC=C(C)C)OCCC. The fourth-order valence-electron chi connectivity index (χ4n) is 0.898. The summed E-state index contributed by atoms with van der Waals surface area (Å²) in [5.41, 5.74) is 1.13. The summed E-state index contributed by atoms with van der Waals surface area (Å²) in [5, 5.41) is 0. The Hall–Kier alpha value is -0.110. The van der Waals surface area contributed by atoms with E-state index >= 15 is 0 Å². The molecule has 0 aromatic carbocycles. The molecular formula is C11H23O3P. The molecule has 0 radical (unpaired) electrons. The van der Waals surface area contributed by atoms with Crippen LogP contribution in [-0.4, -0.2) is 19.4 Å². The Balaban J connectivity index is 4.26. The molecule has 4 heteroatoms. The molecule has 0 saturated heterocycles. The van der Waals surface area contributed by atoms with Crippen LogP contribution in [0.4, 0.5) is 0 Å². The van der Waals surface area contributed by atoms with Crippen LogP contribution in [-0.2, 0) is 13.6 Å². The Labute approximate surface area is 93.4 Å². The molecule has 0 aliphatic rings. The van der Waals surface area contributed by atoms with Gasteiger partial charge in [-0.15, -0.1) is 0 Å². The first-order valence-electron chi connectivity index (χ1n) is 5.55. The van der Waals surface area contributed by atoms with Crippen LogP contribution in [0.1, 0.15) is 40.5 Å². The van der Waals surface area contributed by atoms with Crippen LogP contribution in [0.3, 0.4) is 0 Å². The van der Waals surface area contributed by atoms with Gasteiger partial charge in [0.2, 0.25) is 0 Å². The van der Waals surface area contributed by atoms with Gasteiger partial charge in [-0.3, -0.25) is 4.57 Å². The van der Waals surface area contributed by atoms with E-state index in [2.05, 4.69) is 0 Å². The minimum Gasteiger partial charge on any atom is -0.308 e. The second-order valence-corrected chi connectivity index (χ2v) is 5.84. The van der Waals surface area contributed by atoms with Crippen molar-refractivity contribution in [3.63, 3.8) is 0 Å². The molecule has 0 atom stereocenters. The Kier molecular flexibility index (Phi) is 8.03. The van der Waals surface area contributed by atoms with Crippen molar-refractivity contribution in [2.24, 2.45) is 0 Å². The van der Waals surface area contributed by atoms with Gasteiger partial charge < -0.3 is 9.05 Å². The molecular weight excluding hydrogens is 211 g/mol. The van der Waals surface area contributed by atoms with Crippen LogP contribution in [0, 0.1) is 0 Å². The maximum absolute atomic E-state index is 12.1. The molecule has 0 N–H and O–H groups in total. The second-order valence-electron chi connectivity index (χ2n) is 3.74. The lowest BCUT2D eigenvalue weighted by Gasteiger charge is -2.16. The van der Waals surface area contributed by atoms with Crippen LogP contribution in [0.25, 0.3) is 0 Å². The van der Waals surface area contributed by atoms with Crippen LogP contribution in [0.2, 0.25) is 0 Å². The number of hydrogen-bond donors (Lipinski definition) is 0. The average Bonchev–Trinajstić information content (AvgIpc) is 2.21. The van der Waals surface area contributed by atoms with Gasteiger partial charge >= 0.3 is 7.60 Å². The lowest BCUT2D eigenvalue weighted by atomic mass is 10.3. The molecule has 15 heavy (non-hydrogen) atoms. The van der Waals surface area contributed by atoms with Crippen LogP contribution >= 0.6 is 7.60 Å². The normalized spacial score (nSPS) is 11.5. The molecule has 0 amide bonds. The molecule has 90 valence electrons. The first kappa shape index (κ1) is 14.9. The predicted molar refractivity (Wildman–Crippen MR) is 64.4 cm³/mol. The smallest absolute Gasteiger partial charge is 0.308 e. The first-order chi connectivity index (χ1) is 7.04. The Morgan fingerprint density at radius 2 is 1.60 bits per heavy atom. The highest BCUT2D eigenvalue weighted by Crippen LogP contribution is 2.48. The highest BCUT2D eigenvalue weighted by atomic mass is 31.2. The van der Waals surface area contributed by atoms with E-state index in [4.69, 9.17) is 9.05 Å². The minimum atomic E-state index is -2.88. The summed E-state index contributed by atoms with van der Waals surface area (Å²) in [6.07, 6.45) is 4.00. The number of hydrogen-bond acceptors (Lipinski definition) is 3. The predicted octanol–water partition coefficient (Wildman–Crippen LogP) is 4.00. The Morgan fingerprint density at radius 3 is 1.93 bits per heavy atom. The number of allylic oxidation sites excluding steroid dienone is 2. The zero-order valence-electron chi connectivity index (χ0n) is 10.3. The highest BCUT2D eigenvalue weighted by Gasteiger charge is 2.22. The molecule has 0 heterocycles. The molecule has 0 aromatic rings. The minimum absolute atomic E-state index is 0.384. The van der Waals surface area contributed by atoms with Gasteiger partial charge in [0.25, 0.3) is 0 Å². The summed E-state index contributed by atoms with van der Waals surface area (Å²) in [7, 11) is -2.88. The van der Waals surface area contributed by atoms with Gasteiger partial charge in [0.15, 0.2) is 0 Å². The van der Waals surface area contributed by atoms with Crippen molar-refractivity contribution in [2.75, 3.05) is 19.4 Å². The van der Waals surface area contributed by atoms with E-state index < -0.39 is 7.60 Å². The van der Waals surface area contributed by atoms with Crippen molar-refractivity contribution in [1.82, 2.24) is 0 Å². The summed E-state index contributed by atoms with van der Waals surface area (Å²) in [5.74, 6) is 0. The van der Waals surface area contributed by atoms with Crippen molar-refractivity contribution in [2.45, 2.75) is 40.5 Å². The van der Waals surface area contributed by atoms with Crippen molar-refractivity contribution in [1.29, 1.82) is 0 Å². The maximum Gasteiger partial charge on any atom is 0.334 e. The molecule has 0 bridgehead atoms. The zero-order valence-corrected chi connectivity index (χ0v) is 11.2. The topological polar surface area (TPSA) is 35.5 Å². The third-order valence-electron chi connectivity index (χ3n) is 1.71. The first-order valence-corrected chi connectivity index (χ1v) is 7.28. The average molecular weight is 234 g/mol. The van der Waals surface area contributed by atoms with E-state index in [9.17, 15) is 4.57 Å². The van der Waals surface area contributed by atoms with E-state index in [0.29, 0.717) is 19.4 Å². The van der Waals surface area contributed by atoms with E-state index in [0.717, 1.165) is 18.4 Å². The molecule has 0 aliphatic carbocycles. The summed E-state index contributed by atoms with van der Waals surface area (Å²) < 4.78 is 22.8. The monoisotopic (exact) mass is 234 g/mol. The van der Waals surface area contributed by atoms with Crippen LogP contribution < -0.4 is 0 Å². The van der Waals surface area contributed by atoms with Crippen molar-refractivity contribution >= 4 is 7.60 Å². The molecule has 0 aliphatic heterocycles. The lowest BCUT2D eigenvalue weighted by molar-refractivity contribution is 0.206. The maximum atomic E-state index is 12.1. The molecule has 0 fully saturated rings. The van der Waals surface area contributed by atoms with Crippen LogP contribution in [0.5, 0.6) is 0 Å². The lowest BCUT2D eigenvalue weighted by Crippen LogP contribution is -2.01. The molecule has 0 saturated carbocycles. The summed E-state index contributed by atoms with van der Waals surface area (Å²) >= 11 is 0. The van der Waals surface area contributed by atoms with Crippen LogP contribution in [0.15, 0.2) is 11.6 Å². The zero-order chi connectivity index (χ0) is 11.7. The quantitative estimate of drug-likeness (QED) is 0.470. The van der Waals surface area contributed by atoms with E-state index in [1.807, 2.05) is 33.8 Å². The van der Waals surface area contributed by atoms with Crippen molar-refractivity contribution in [3.05, 3.63) is 11.6 Å². The largest absolute Gasteiger partial charge is 0.334 e. The molecule has 0 aromatic heterocycles. The van der Waals surface area contributed by atoms with E-state index in [-0.39, 0.29) is 0 Å². The van der Waals surface area contributed by atoms with Crippen molar-refractivity contribution in [3.8, 4) is 0 Å². The van der Waals surface area contributed by atoms with Gasteiger partial charge in [-0.05, 0) is 26.7 Å². The second kappa shape index (κ2) is 8.09. The summed E-state index contributed by atoms with van der Waals surface area (Å²) in [6.45, 7) is 8.93. The fourth-order valence-corrected chi connectivity index (χ4v) is 2.69. The third kappa shape index (κ3) is 7.78. The molecule has 0 rings (SSSR count). The van der Waals surface area contributed by atoms with E-state index in [1.165, 1.54) is 0 Å². The molecule has 3 nitrogen and oxygen atoms in total. The third-order valence-corrected chi connectivity index (χ3v) is 3.49.